The number of anilines is 2. The fraction of sp³-hybridized carbons (Fsp3) is 0.0625. The van der Waals surface area contributed by atoms with Crippen molar-refractivity contribution in [2.24, 2.45) is 0 Å². The van der Waals surface area contributed by atoms with Crippen molar-refractivity contribution in [1.82, 2.24) is 0 Å². The molecule has 3 aromatic rings. The van der Waals surface area contributed by atoms with Gasteiger partial charge in [-0.3, -0.25) is 9.44 Å². The Bertz CT molecular complexity index is 1330. The van der Waals surface area contributed by atoms with Crippen LogP contribution in [-0.4, -0.2) is 23.0 Å². The fourth-order valence-corrected chi connectivity index (χ4v) is 7.51. The van der Waals surface area contributed by atoms with E-state index >= 15 is 0 Å². The van der Waals surface area contributed by atoms with E-state index in [9.17, 15) is 16.8 Å². The molecule has 0 unspecified atom stereocenters. The highest BCUT2D eigenvalue weighted by Crippen LogP contribution is 2.37. The van der Waals surface area contributed by atoms with Crippen LogP contribution < -0.4 is 9.44 Å². The van der Waals surface area contributed by atoms with Crippen molar-refractivity contribution in [3.05, 3.63) is 55.0 Å². The number of thiophene rings is 2. The Labute approximate surface area is 200 Å². The minimum absolute atomic E-state index is 0.0133. The zero-order valence-electron chi connectivity index (χ0n) is 15.2. The molecular weight excluding hydrogens is 551 g/mol. The molecule has 0 aliphatic carbocycles. The molecule has 8 nitrogen and oxygen atoms in total. The van der Waals surface area contributed by atoms with E-state index in [1.807, 2.05) is 0 Å². The highest BCUT2D eigenvalue weighted by molar-refractivity contribution is 7.94. The average Bonchev–Trinajstić information content (AvgIpc) is 3.30. The van der Waals surface area contributed by atoms with Crippen molar-refractivity contribution in [1.29, 1.82) is 0 Å². The molecule has 0 radical (unpaired) electrons. The lowest BCUT2D eigenvalue weighted by Crippen LogP contribution is -2.17. The van der Waals surface area contributed by atoms with Crippen LogP contribution in [0.2, 0.25) is 14.4 Å². The normalized spacial score (nSPS) is 11.2. The lowest BCUT2D eigenvalue weighted by atomic mass is 10.3. The van der Waals surface area contributed by atoms with Gasteiger partial charge in [0.2, 0.25) is 0 Å². The molecule has 0 amide bonds. The van der Waals surface area contributed by atoms with E-state index < -0.39 is 20.0 Å². The molecule has 0 saturated carbocycles. The SMILES string of the molecule is Cc1sc(Cl)cc1S(=O)(=O)Nc1cc(Cl)c(Cl)cc1NS(=O)(=O)c1cccs1.O=C=O. The lowest BCUT2D eigenvalue weighted by Gasteiger charge is -2.15. The van der Waals surface area contributed by atoms with Gasteiger partial charge in [-0.05, 0) is 36.6 Å². The molecule has 0 atom stereocenters. The molecule has 31 heavy (non-hydrogen) atoms. The van der Waals surface area contributed by atoms with Gasteiger partial charge in [0, 0.05) is 4.88 Å². The molecule has 1 aromatic carbocycles. The summed E-state index contributed by atoms with van der Waals surface area (Å²) < 4.78 is 55.7. The summed E-state index contributed by atoms with van der Waals surface area (Å²) in [6, 6.07) is 6.79. The maximum absolute atomic E-state index is 12.8. The Hall–Kier alpha value is -1.63. The maximum atomic E-state index is 12.8. The molecule has 166 valence electrons. The van der Waals surface area contributed by atoms with Crippen molar-refractivity contribution in [2.45, 2.75) is 16.0 Å². The van der Waals surface area contributed by atoms with E-state index in [4.69, 9.17) is 44.4 Å². The molecule has 0 bridgehead atoms. The van der Waals surface area contributed by atoms with Gasteiger partial charge in [0.05, 0.1) is 25.8 Å². The van der Waals surface area contributed by atoms with Crippen LogP contribution in [0.4, 0.5) is 11.4 Å². The standard InChI is InChI=1S/C15H11Cl3N2O4S4.CO2/c1-8-13(7-14(18)26-8)27(21,22)19-11-5-9(16)10(17)6-12(11)20-28(23,24)15-3-2-4-25-15;2-1-3/h2-7,19-20H,1H3;. The zero-order chi connectivity index (χ0) is 23.4. The Kier molecular flexibility index (Phi) is 8.54. The van der Waals surface area contributed by atoms with E-state index in [0.29, 0.717) is 9.21 Å². The van der Waals surface area contributed by atoms with Gasteiger partial charge in [-0.15, -0.1) is 22.7 Å². The van der Waals surface area contributed by atoms with Crippen molar-refractivity contribution in [3.63, 3.8) is 0 Å². The quantitative estimate of drug-likeness (QED) is 0.431. The highest BCUT2D eigenvalue weighted by Gasteiger charge is 2.24. The summed E-state index contributed by atoms with van der Waals surface area (Å²) in [5, 5.41) is 1.72. The molecule has 0 aliphatic rings. The smallest absolute Gasteiger partial charge is 0.277 e. The third kappa shape index (κ3) is 6.43. The van der Waals surface area contributed by atoms with Crippen LogP contribution in [0.1, 0.15) is 4.88 Å². The minimum Gasteiger partial charge on any atom is -0.277 e. The van der Waals surface area contributed by atoms with E-state index in [1.165, 1.54) is 24.3 Å². The van der Waals surface area contributed by atoms with Gasteiger partial charge in [0.25, 0.3) is 20.0 Å². The molecule has 2 N–H and O–H groups in total. The number of rotatable bonds is 6. The molecule has 3 rings (SSSR count). The van der Waals surface area contributed by atoms with Crippen molar-refractivity contribution in [2.75, 3.05) is 9.44 Å². The van der Waals surface area contributed by atoms with Gasteiger partial charge < -0.3 is 0 Å². The molecule has 2 heterocycles. The molecule has 0 saturated heterocycles. The van der Waals surface area contributed by atoms with Crippen LogP contribution in [0.25, 0.3) is 0 Å². The van der Waals surface area contributed by atoms with E-state index in [0.717, 1.165) is 22.7 Å². The minimum atomic E-state index is -4.04. The maximum Gasteiger partial charge on any atom is 0.373 e. The first-order chi connectivity index (χ1) is 14.4. The lowest BCUT2D eigenvalue weighted by molar-refractivity contribution is -0.191. The predicted molar refractivity (Wildman–Crippen MR) is 121 cm³/mol. The number of halogens is 3. The molecular formula is C16H11Cl3N2O6S4. The van der Waals surface area contributed by atoms with Crippen LogP contribution in [0, 0.1) is 6.92 Å². The molecule has 2 aromatic heterocycles. The van der Waals surface area contributed by atoms with Gasteiger partial charge in [0.15, 0.2) is 0 Å². The first-order valence-corrected chi connectivity index (χ1v) is 13.5. The number of hydrogen-bond acceptors (Lipinski definition) is 8. The second-order valence-electron chi connectivity index (χ2n) is 5.51. The summed E-state index contributed by atoms with van der Waals surface area (Å²) in [6.07, 6.45) is 0.250. The zero-order valence-corrected chi connectivity index (χ0v) is 20.7. The summed E-state index contributed by atoms with van der Waals surface area (Å²) in [7, 11) is -7.98. The van der Waals surface area contributed by atoms with Crippen LogP contribution in [0.5, 0.6) is 0 Å². The molecule has 0 spiro atoms. The van der Waals surface area contributed by atoms with E-state index in [1.54, 1.807) is 18.4 Å². The molecule has 15 heteroatoms. The van der Waals surface area contributed by atoms with Gasteiger partial charge >= 0.3 is 6.15 Å². The summed E-state index contributed by atoms with van der Waals surface area (Å²) in [4.78, 5) is 16.7. The van der Waals surface area contributed by atoms with E-state index in [-0.39, 0.29) is 36.7 Å². The number of sulfonamides is 2. The van der Waals surface area contributed by atoms with Gasteiger partial charge in [-0.2, -0.15) is 9.59 Å². The van der Waals surface area contributed by atoms with Crippen LogP contribution in [-0.2, 0) is 29.6 Å². The monoisotopic (exact) mass is 560 g/mol. The van der Waals surface area contributed by atoms with Crippen molar-refractivity contribution < 1.29 is 26.4 Å². The summed E-state index contributed by atoms with van der Waals surface area (Å²) in [5.74, 6) is 0. The predicted octanol–water partition coefficient (Wildman–Crippen LogP) is 5.10. The Morgan fingerprint density at radius 3 is 1.84 bits per heavy atom. The van der Waals surface area contributed by atoms with Crippen molar-refractivity contribution >= 4 is 95.0 Å². The molecule has 0 aliphatic heterocycles. The second kappa shape index (κ2) is 10.3. The Morgan fingerprint density at radius 2 is 1.42 bits per heavy atom. The number of benzene rings is 1. The Morgan fingerprint density at radius 1 is 0.903 bits per heavy atom. The van der Waals surface area contributed by atoms with Crippen molar-refractivity contribution in [3.8, 4) is 0 Å². The highest BCUT2D eigenvalue weighted by atomic mass is 35.5. The van der Waals surface area contributed by atoms with Crippen LogP contribution in [0.15, 0.2) is 44.8 Å². The fourth-order valence-electron chi connectivity index (χ4n) is 2.22. The van der Waals surface area contributed by atoms with E-state index in [2.05, 4.69) is 9.44 Å². The summed E-state index contributed by atoms with van der Waals surface area (Å²) >= 11 is 20.0. The molecule has 0 fully saturated rings. The Balaban J connectivity index is 0.00000107. The third-order valence-electron chi connectivity index (χ3n) is 3.44. The number of hydrogen-bond donors (Lipinski definition) is 2. The van der Waals surface area contributed by atoms with Gasteiger partial charge in [0.1, 0.15) is 9.10 Å². The summed E-state index contributed by atoms with van der Waals surface area (Å²) in [5.41, 5.74) is -0.137. The third-order valence-corrected chi connectivity index (χ3v) is 9.73. The average molecular weight is 562 g/mol. The van der Waals surface area contributed by atoms with Crippen LogP contribution in [0.3, 0.4) is 0 Å². The largest absolute Gasteiger partial charge is 0.373 e. The van der Waals surface area contributed by atoms with Crippen LogP contribution >= 0.6 is 57.5 Å². The van der Waals surface area contributed by atoms with Gasteiger partial charge in [-0.1, -0.05) is 40.9 Å². The number of nitrogens with one attached hydrogen (secondary N) is 2. The second-order valence-corrected chi connectivity index (χ2v) is 12.7. The number of aryl methyl sites for hydroxylation is 1. The van der Waals surface area contributed by atoms with Gasteiger partial charge in [-0.25, -0.2) is 16.8 Å². The topological polar surface area (TPSA) is 126 Å². The number of carbonyl (C=O) groups excluding carboxylic acids is 2. The summed E-state index contributed by atoms with van der Waals surface area (Å²) in [6.45, 7) is 1.61. The first-order valence-electron chi connectivity index (χ1n) is 7.74. The first kappa shape index (κ1) is 25.6.